The molecular formula is C14H18FN3O3S. The van der Waals surface area contributed by atoms with Gasteiger partial charge in [-0.2, -0.15) is 5.01 Å². The lowest BCUT2D eigenvalue weighted by Gasteiger charge is -2.23. The Kier molecular flexibility index (Phi) is 4.16. The van der Waals surface area contributed by atoms with Crippen molar-refractivity contribution in [1.82, 2.24) is 10.4 Å². The smallest absolute Gasteiger partial charge is 0.232 e. The number of methoxy groups -OCH3 is 1. The van der Waals surface area contributed by atoms with Gasteiger partial charge in [-0.15, -0.1) is 0 Å². The molecule has 0 radical (unpaired) electrons. The molecule has 3 rings (SSSR count). The predicted octanol–water partition coefficient (Wildman–Crippen LogP) is 1.03. The Morgan fingerprint density at radius 1 is 1.41 bits per heavy atom. The first kappa shape index (κ1) is 15.4. The predicted molar refractivity (Wildman–Crippen MR) is 80.6 cm³/mol. The number of ether oxygens (including phenoxy) is 1. The average Bonchev–Trinajstić information content (AvgIpc) is 3.08. The third kappa shape index (κ3) is 2.73. The highest BCUT2D eigenvalue weighted by molar-refractivity contribution is 8.06. The lowest BCUT2D eigenvalue weighted by atomic mass is 10.1. The van der Waals surface area contributed by atoms with Gasteiger partial charge in [-0.05, 0) is 5.56 Å². The van der Waals surface area contributed by atoms with Gasteiger partial charge in [-0.3, -0.25) is 5.43 Å². The Balaban J connectivity index is 1.81. The van der Waals surface area contributed by atoms with Crippen molar-refractivity contribution in [1.29, 1.82) is 0 Å². The molecule has 22 heavy (non-hydrogen) atoms. The van der Waals surface area contributed by atoms with Gasteiger partial charge in [-0.1, -0.05) is 30.3 Å². The Labute approximate surface area is 128 Å². The van der Waals surface area contributed by atoms with Crippen molar-refractivity contribution in [2.75, 3.05) is 19.5 Å². The molecule has 1 saturated heterocycles. The molecule has 1 aromatic rings. The van der Waals surface area contributed by atoms with E-state index < -0.39 is 22.2 Å². The number of hydrogen-bond acceptors (Lipinski definition) is 6. The molecule has 2 aliphatic rings. The Morgan fingerprint density at radius 2 is 2.14 bits per heavy atom. The molecular weight excluding hydrogens is 309 g/mol. The van der Waals surface area contributed by atoms with Crippen LogP contribution in [0, 0.1) is 0 Å². The van der Waals surface area contributed by atoms with E-state index in [0.717, 1.165) is 5.56 Å². The summed E-state index contributed by atoms with van der Waals surface area (Å²) in [6, 6.07) is 9.21. The van der Waals surface area contributed by atoms with Crippen LogP contribution >= 0.6 is 0 Å². The summed E-state index contributed by atoms with van der Waals surface area (Å²) in [7, 11) is -2.16. The standard InChI is InChI=1S/C14H18FN3O3S/c1-21-7-8-22(19,20)14-16-13-11(15)9-12(18(13)17-14)10-5-3-2-4-6-10/h2-6,11-13H,7-9H2,1H3,(H,16,17)/t11-,12-,13?/m0/s1. The zero-order valence-corrected chi connectivity index (χ0v) is 13.0. The molecule has 0 bridgehead atoms. The second-order valence-corrected chi connectivity index (χ2v) is 7.38. The summed E-state index contributed by atoms with van der Waals surface area (Å²) in [5.74, 6) is -0.178. The van der Waals surface area contributed by atoms with E-state index in [1.165, 1.54) is 7.11 Å². The minimum Gasteiger partial charge on any atom is -0.384 e. The van der Waals surface area contributed by atoms with Gasteiger partial charge < -0.3 is 4.74 Å². The van der Waals surface area contributed by atoms with Crippen molar-refractivity contribution >= 4 is 15.0 Å². The number of hydrogen-bond donors (Lipinski definition) is 1. The van der Waals surface area contributed by atoms with E-state index in [2.05, 4.69) is 10.4 Å². The number of alkyl halides is 1. The third-order valence-corrected chi connectivity index (χ3v) is 5.39. The fraction of sp³-hybridized carbons (Fsp3) is 0.500. The monoisotopic (exact) mass is 327 g/mol. The summed E-state index contributed by atoms with van der Waals surface area (Å²) in [6.07, 6.45) is -1.71. The maximum atomic E-state index is 14.2. The van der Waals surface area contributed by atoms with Gasteiger partial charge in [0, 0.05) is 13.5 Å². The van der Waals surface area contributed by atoms with E-state index in [1.807, 2.05) is 30.3 Å². The van der Waals surface area contributed by atoms with Gasteiger partial charge in [0.1, 0.15) is 6.17 Å². The SMILES string of the molecule is COCCS(=O)(=O)C1=NC2[C@@H](F)C[C@@H](c3ccccc3)N2N1. The van der Waals surface area contributed by atoms with Crippen LogP contribution in [0.4, 0.5) is 4.39 Å². The first-order valence-corrected chi connectivity index (χ1v) is 8.71. The molecule has 0 amide bonds. The number of halogens is 1. The van der Waals surface area contributed by atoms with Crippen molar-refractivity contribution < 1.29 is 17.5 Å². The van der Waals surface area contributed by atoms with E-state index in [-0.39, 0.29) is 30.0 Å². The molecule has 1 N–H and O–H groups in total. The minimum atomic E-state index is -3.59. The largest absolute Gasteiger partial charge is 0.384 e. The maximum Gasteiger partial charge on any atom is 0.232 e. The lowest BCUT2D eigenvalue weighted by Crippen LogP contribution is -2.42. The summed E-state index contributed by atoms with van der Waals surface area (Å²) >= 11 is 0. The third-order valence-electron chi connectivity index (χ3n) is 3.90. The molecule has 2 aliphatic heterocycles. The number of amidine groups is 1. The molecule has 0 aliphatic carbocycles. The van der Waals surface area contributed by atoms with Crippen LogP contribution in [0.3, 0.4) is 0 Å². The highest BCUT2D eigenvalue weighted by Gasteiger charge is 2.48. The number of hydrazine groups is 1. The number of fused-ring (bicyclic) bond motifs is 1. The molecule has 8 heteroatoms. The number of nitrogens with zero attached hydrogens (tertiary/aromatic N) is 2. The van der Waals surface area contributed by atoms with Crippen LogP contribution in [0.15, 0.2) is 35.3 Å². The average molecular weight is 327 g/mol. The van der Waals surface area contributed by atoms with E-state index in [9.17, 15) is 12.8 Å². The quantitative estimate of drug-likeness (QED) is 0.894. The van der Waals surface area contributed by atoms with Crippen LogP contribution in [0.1, 0.15) is 18.0 Å². The molecule has 3 atom stereocenters. The van der Waals surface area contributed by atoms with Gasteiger partial charge in [0.05, 0.1) is 18.4 Å². The number of aliphatic imine (C=N–C) groups is 1. The van der Waals surface area contributed by atoms with Crippen molar-refractivity contribution in [2.24, 2.45) is 4.99 Å². The minimum absolute atomic E-state index is 0.0782. The second kappa shape index (κ2) is 5.94. The van der Waals surface area contributed by atoms with Crippen molar-refractivity contribution in [3.63, 3.8) is 0 Å². The first-order valence-electron chi connectivity index (χ1n) is 7.06. The summed E-state index contributed by atoms with van der Waals surface area (Å²) in [6.45, 7) is 0.0782. The molecule has 6 nitrogen and oxygen atoms in total. The van der Waals surface area contributed by atoms with Crippen LogP contribution < -0.4 is 5.43 Å². The molecule has 0 aromatic heterocycles. The zero-order valence-electron chi connectivity index (χ0n) is 12.1. The van der Waals surface area contributed by atoms with Gasteiger partial charge in [0.2, 0.25) is 15.0 Å². The summed E-state index contributed by atoms with van der Waals surface area (Å²) in [5, 5.41) is 1.43. The molecule has 2 heterocycles. The van der Waals surface area contributed by atoms with Gasteiger partial charge in [0.25, 0.3) is 0 Å². The summed E-state index contributed by atoms with van der Waals surface area (Å²) in [5.41, 5.74) is 3.72. The fourth-order valence-corrected chi connectivity index (χ4v) is 3.86. The van der Waals surface area contributed by atoms with E-state index in [4.69, 9.17) is 4.74 Å². The van der Waals surface area contributed by atoms with Crippen LogP contribution in [0.25, 0.3) is 0 Å². The van der Waals surface area contributed by atoms with E-state index in [1.54, 1.807) is 5.01 Å². The Hall–Kier alpha value is -1.51. The second-order valence-electron chi connectivity index (χ2n) is 5.36. The first-order chi connectivity index (χ1) is 10.5. The van der Waals surface area contributed by atoms with E-state index in [0.29, 0.717) is 0 Å². The Morgan fingerprint density at radius 3 is 2.82 bits per heavy atom. The topological polar surface area (TPSA) is 71.0 Å². The van der Waals surface area contributed by atoms with Crippen LogP contribution in [0.2, 0.25) is 0 Å². The zero-order chi connectivity index (χ0) is 15.7. The van der Waals surface area contributed by atoms with E-state index >= 15 is 0 Å². The normalized spacial score (nSPS) is 28.3. The van der Waals surface area contributed by atoms with Crippen molar-refractivity contribution in [3.8, 4) is 0 Å². The maximum absolute atomic E-state index is 14.2. The summed E-state index contributed by atoms with van der Waals surface area (Å²) < 4.78 is 43.3. The van der Waals surface area contributed by atoms with Gasteiger partial charge in [0.15, 0.2) is 6.17 Å². The van der Waals surface area contributed by atoms with Crippen LogP contribution in [-0.4, -0.2) is 50.4 Å². The van der Waals surface area contributed by atoms with Crippen LogP contribution in [-0.2, 0) is 14.6 Å². The molecule has 1 fully saturated rings. The molecule has 120 valence electrons. The van der Waals surface area contributed by atoms with Crippen LogP contribution in [0.5, 0.6) is 0 Å². The highest BCUT2D eigenvalue weighted by atomic mass is 32.2. The van der Waals surface area contributed by atoms with Crippen molar-refractivity contribution in [2.45, 2.75) is 24.8 Å². The number of rotatable bonds is 4. The lowest BCUT2D eigenvalue weighted by molar-refractivity contribution is 0.160. The highest BCUT2D eigenvalue weighted by Crippen LogP contribution is 2.39. The molecule has 1 aromatic carbocycles. The molecule has 0 saturated carbocycles. The van der Waals surface area contributed by atoms with Gasteiger partial charge in [-0.25, -0.2) is 17.8 Å². The summed E-state index contributed by atoms with van der Waals surface area (Å²) in [4.78, 5) is 4.04. The number of sulfone groups is 1. The molecule has 0 spiro atoms. The number of nitrogens with one attached hydrogen (secondary N) is 1. The number of benzene rings is 1. The Bertz CT molecular complexity index is 665. The van der Waals surface area contributed by atoms with Crippen molar-refractivity contribution in [3.05, 3.63) is 35.9 Å². The molecule has 1 unspecified atom stereocenters. The van der Waals surface area contributed by atoms with Gasteiger partial charge >= 0.3 is 0 Å². The fourth-order valence-electron chi connectivity index (χ4n) is 2.77.